The number of rotatable bonds is 3. The highest BCUT2D eigenvalue weighted by molar-refractivity contribution is 5.85. The summed E-state index contributed by atoms with van der Waals surface area (Å²) in [7, 11) is 0. The fourth-order valence-electron chi connectivity index (χ4n) is 3.95. The molecule has 130 valence electrons. The molecule has 2 saturated heterocycles. The first-order chi connectivity index (χ1) is 12.2. The van der Waals surface area contributed by atoms with Gasteiger partial charge in [0.2, 0.25) is 11.9 Å². The third kappa shape index (κ3) is 3.01. The number of nitrogen functional groups attached to an aromatic ring is 1. The molecule has 2 fully saturated rings. The van der Waals surface area contributed by atoms with E-state index in [1.165, 1.54) is 0 Å². The van der Waals surface area contributed by atoms with Gasteiger partial charge in [0.1, 0.15) is 5.82 Å². The third-order valence-electron chi connectivity index (χ3n) is 5.22. The van der Waals surface area contributed by atoms with Crippen LogP contribution in [0.5, 0.6) is 0 Å². The summed E-state index contributed by atoms with van der Waals surface area (Å²) in [4.78, 5) is 30.0. The molecular weight excluding hydrogens is 316 g/mol. The van der Waals surface area contributed by atoms with E-state index in [2.05, 4.69) is 19.9 Å². The van der Waals surface area contributed by atoms with Gasteiger partial charge in [-0.15, -0.1) is 0 Å². The van der Waals surface area contributed by atoms with Crippen molar-refractivity contribution in [2.75, 3.05) is 30.3 Å². The normalized spacial score (nSPS) is 23.4. The smallest absolute Gasteiger partial charge is 0.230 e. The number of hydrogen-bond acceptors (Lipinski definition) is 6. The number of anilines is 2. The van der Waals surface area contributed by atoms with Crippen molar-refractivity contribution in [3.63, 3.8) is 0 Å². The number of likely N-dealkylation sites (tertiary alicyclic amines) is 1. The topological polar surface area (TPSA) is 88.2 Å². The lowest BCUT2D eigenvalue weighted by molar-refractivity contribution is -0.145. The monoisotopic (exact) mass is 338 g/mol. The number of nitrogens with zero attached hydrogens (tertiary/aromatic N) is 5. The first kappa shape index (κ1) is 15.8. The van der Waals surface area contributed by atoms with Crippen molar-refractivity contribution in [1.29, 1.82) is 0 Å². The summed E-state index contributed by atoms with van der Waals surface area (Å²) in [5.74, 6) is 1.32. The van der Waals surface area contributed by atoms with E-state index in [-0.39, 0.29) is 11.3 Å². The maximum atomic E-state index is 13.2. The quantitative estimate of drug-likeness (QED) is 0.912. The first-order valence-electron chi connectivity index (χ1n) is 8.68. The Balaban J connectivity index is 1.51. The van der Waals surface area contributed by atoms with E-state index in [0.717, 1.165) is 37.9 Å². The van der Waals surface area contributed by atoms with Crippen molar-refractivity contribution in [3.05, 3.63) is 42.4 Å². The molecule has 2 aromatic heterocycles. The highest BCUT2D eigenvalue weighted by atomic mass is 16.2. The number of pyridine rings is 1. The van der Waals surface area contributed by atoms with Gasteiger partial charge in [-0.2, -0.15) is 4.98 Å². The van der Waals surface area contributed by atoms with Crippen LogP contribution in [0.2, 0.25) is 0 Å². The summed E-state index contributed by atoms with van der Waals surface area (Å²) in [6.07, 6.45) is 8.04. The van der Waals surface area contributed by atoms with Gasteiger partial charge in [0.05, 0.1) is 5.41 Å². The molecule has 1 amide bonds. The van der Waals surface area contributed by atoms with Crippen LogP contribution in [-0.2, 0) is 11.3 Å². The summed E-state index contributed by atoms with van der Waals surface area (Å²) in [6, 6.07) is 5.60. The molecule has 0 saturated carbocycles. The second-order valence-electron chi connectivity index (χ2n) is 6.92. The molecule has 2 aliphatic heterocycles. The maximum absolute atomic E-state index is 13.2. The molecule has 7 nitrogen and oxygen atoms in total. The predicted octanol–water partition coefficient (Wildman–Crippen LogP) is 1.47. The van der Waals surface area contributed by atoms with Crippen LogP contribution in [0.3, 0.4) is 0 Å². The fourth-order valence-corrected chi connectivity index (χ4v) is 3.95. The van der Waals surface area contributed by atoms with Gasteiger partial charge in [0, 0.05) is 44.8 Å². The summed E-state index contributed by atoms with van der Waals surface area (Å²) in [6.45, 7) is 2.89. The zero-order valence-corrected chi connectivity index (χ0v) is 14.1. The molecule has 7 heteroatoms. The molecular formula is C18H22N6O. The summed E-state index contributed by atoms with van der Waals surface area (Å²) < 4.78 is 0. The van der Waals surface area contributed by atoms with Crippen molar-refractivity contribution in [3.8, 4) is 0 Å². The lowest BCUT2D eigenvalue weighted by Gasteiger charge is -2.39. The molecule has 0 aromatic carbocycles. The Morgan fingerprint density at radius 1 is 1.20 bits per heavy atom. The highest BCUT2D eigenvalue weighted by Crippen LogP contribution is 2.41. The van der Waals surface area contributed by atoms with Crippen molar-refractivity contribution in [2.45, 2.75) is 25.8 Å². The Morgan fingerprint density at radius 3 is 2.92 bits per heavy atom. The van der Waals surface area contributed by atoms with Crippen molar-refractivity contribution in [1.82, 2.24) is 19.9 Å². The number of nitrogens with two attached hydrogens (primary N) is 1. The van der Waals surface area contributed by atoms with Gasteiger partial charge >= 0.3 is 0 Å². The van der Waals surface area contributed by atoms with Gasteiger partial charge in [0.15, 0.2) is 0 Å². The number of hydrogen-bond donors (Lipinski definition) is 1. The lowest BCUT2D eigenvalue weighted by atomic mass is 9.78. The molecule has 0 radical (unpaired) electrons. The molecule has 1 atom stereocenters. The number of amides is 1. The Bertz CT molecular complexity index is 767. The van der Waals surface area contributed by atoms with Crippen LogP contribution >= 0.6 is 0 Å². The third-order valence-corrected chi connectivity index (χ3v) is 5.22. The van der Waals surface area contributed by atoms with Crippen LogP contribution in [0.15, 0.2) is 36.8 Å². The predicted molar refractivity (Wildman–Crippen MR) is 94.6 cm³/mol. The van der Waals surface area contributed by atoms with E-state index in [0.29, 0.717) is 24.9 Å². The SMILES string of the molecule is Nc1ccnc(N2CC[C@@]3(CCCN(Cc4cccnc4)C3=O)C2)n1. The second kappa shape index (κ2) is 6.31. The molecule has 0 unspecified atom stereocenters. The average molecular weight is 338 g/mol. The van der Waals surface area contributed by atoms with E-state index in [4.69, 9.17) is 5.73 Å². The van der Waals surface area contributed by atoms with Crippen molar-refractivity contribution >= 4 is 17.7 Å². The second-order valence-corrected chi connectivity index (χ2v) is 6.92. The van der Waals surface area contributed by atoms with Gasteiger partial charge in [-0.05, 0) is 37.0 Å². The van der Waals surface area contributed by atoms with Crippen LogP contribution < -0.4 is 10.6 Å². The van der Waals surface area contributed by atoms with Crippen LogP contribution in [0.1, 0.15) is 24.8 Å². The summed E-state index contributed by atoms with van der Waals surface area (Å²) in [5, 5.41) is 0. The minimum atomic E-state index is -0.325. The van der Waals surface area contributed by atoms with Gasteiger partial charge < -0.3 is 15.5 Å². The Hall–Kier alpha value is -2.70. The lowest BCUT2D eigenvalue weighted by Crippen LogP contribution is -2.49. The summed E-state index contributed by atoms with van der Waals surface area (Å²) in [5.41, 5.74) is 6.52. The zero-order valence-electron chi connectivity index (χ0n) is 14.1. The minimum absolute atomic E-state index is 0.244. The van der Waals surface area contributed by atoms with Gasteiger partial charge in [-0.3, -0.25) is 9.78 Å². The van der Waals surface area contributed by atoms with E-state index >= 15 is 0 Å². The molecule has 2 aliphatic rings. The Morgan fingerprint density at radius 2 is 2.12 bits per heavy atom. The molecule has 0 aliphatic carbocycles. The van der Waals surface area contributed by atoms with E-state index < -0.39 is 0 Å². The van der Waals surface area contributed by atoms with Gasteiger partial charge in [-0.25, -0.2) is 4.98 Å². The van der Waals surface area contributed by atoms with Crippen molar-refractivity contribution < 1.29 is 4.79 Å². The molecule has 2 N–H and O–H groups in total. The molecule has 25 heavy (non-hydrogen) atoms. The van der Waals surface area contributed by atoms with Gasteiger partial charge in [-0.1, -0.05) is 6.07 Å². The standard InChI is InChI=1S/C18H22N6O/c19-15-4-8-21-17(22-15)24-10-6-18(13-24)5-2-9-23(16(18)25)12-14-3-1-7-20-11-14/h1,3-4,7-8,11H,2,5-6,9-10,12-13H2,(H2,19,21,22)/t18-/m0/s1. The molecule has 4 rings (SSSR count). The van der Waals surface area contributed by atoms with E-state index in [1.807, 2.05) is 23.2 Å². The summed E-state index contributed by atoms with van der Waals surface area (Å²) >= 11 is 0. The Labute approximate surface area is 146 Å². The van der Waals surface area contributed by atoms with Crippen LogP contribution in [-0.4, -0.2) is 45.4 Å². The Kier molecular flexibility index (Phi) is 3.99. The largest absolute Gasteiger partial charge is 0.384 e. The number of aromatic nitrogens is 3. The maximum Gasteiger partial charge on any atom is 0.230 e. The van der Waals surface area contributed by atoms with E-state index in [9.17, 15) is 4.79 Å². The van der Waals surface area contributed by atoms with Crippen LogP contribution in [0.4, 0.5) is 11.8 Å². The van der Waals surface area contributed by atoms with Crippen molar-refractivity contribution in [2.24, 2.45) is 5.41 Å². The molecule has 0 bridgehead atoms. The molecule has 2 aromatic rings. The molecule has 4 heterocycles. The zero-order chi connectivity index (χ0) is 17.3. The van der Waals surface area contributed by atoms with Crippen LogP contribution in [0, 0.1) is 5.41 Å². The fraction of sp³-hybridized carbons (Fsp3) is 0.444. The number of carbonyl (C=O) groups is 1. The average Bonchev–Trinajstić information content (AvgIpc) is 3.05. The first-order valence-corrected chi connectivity index (χ1v) is 8.68. The van der Waals surface area contributed by atoms with E-state index in [1.54, 1.807) is 18.5 Å². The van der Waals surface area contributed by atoms with Gasteiger partial charge in [0.25, 0.3) is 0 Å². The van der Waals surface area contributed by atoms with Crippen LogP contribution in [0.25, 0.3) is 0 Å². The number of carbonyl (C=O) groups excluding carboxylic acids is 1. The highest BCUT2D eigenvalue weighted by Gasteiger charge is 2.48. The number of piperidine rings is 1. The molecule has 1 spiro atoms. The minimum Gasteiger partial charge on any atom is -0.384 e.